The highest BCUT2D eigenvalue weighted by molar-refractivity contribution is 4.76. The first-order chi connectivity index (χ1) is 5.27. The fraction of sp³-hybridized carbons (Fsp3) is 1.00. The molecule has 11 heavy (non-hydrogen) atoms. The average molecular weight is 158 g/mol. The Hall–Kier alpha value is -0.0800. The Morgan fingerprint density at radius 2 is 2.36 bits per heavy atom. The van der Waals surface area contributed by atoms with E-state index in [1.165, 1.54) is 6.42 Å². The van der Waals surface area contributed by atoms with Crippen LogP contribution in [-0.4, -0.2) is 24.4 Å². The molecule has 0 aromatic rings. The topological polar surface area (TPSA) is 29.5 Å². The van der Waals surface area contributed by atoms with E-state index in [9.17, 15) is 0 Å². The highest BCUT2D eigenvalue weighted by atomic mass is 16.5. The summed E-state index contributed by atoms with van der Waals surface area (Å²) >= 11 is 0. The van der Waals surface area contributed by atoms with Crippen LogP contribution in [0.4, 0.5) is 0 Å². The third-order valence-corrected chi connectivity index (χ3v) is 2.76. The van der Waals surface area contributed by atoms with Gasteiger partial charge in [0.2, 0.25) is 0 Å². The van der Waals surface area contributed by atoms with E-state index in [0.717, 1.165) is 18.9 Å². The molecule has 0 bridgehead atoms. The molecule has 1 saturated heterocycles. The minimum Gasteiger partial charge on any atom is -0.394 e. The monoisotopic (exact) mass is 158 g/mol. The molecule has 0 saturated carbocycles. The van der Waals surface area contributed by atoms with Gasteiger partial charge >= 0.3 is 0 Å². The molecule has 1 aliphatic heterocycles. The van der Waals surface area contributed by atoms with Crippen LogP contribution in [0.25, 0.3) is 0 Å². The molecular weight excluding hydrogens is 140 g/mol. The van der Waals surface area contributed by atoms with Gasteiger partial charge in [0.25, 0.3) is 0 Å². The van der Waals surface area contributed by atoms with Crippen LogP contribution in [0.1, 0.15) is 26.7 Å². The van der Waals surface area contributed by atoms with E-state index in [1.54, 1.807) is 0 Å². The lowest BCUT2D eigenvalue weighted by atomic mass is 9.90. The summed E-state index contributed by atoms with van der Waals surface area (Å²) < 4.78 is 5.39. The number of aliphatic hydroxyl groups is 1. The van der Waals surface area contributed by atoms with Crippen LogP contribution in [0.5, 0.6) is 0 Å². The molecule has 0 spiro atoms. The second-order valence-electron chi connectivity index (χ2n) is 3.52. The van der Waals surface area contributed by atoms with Crippen molar-refractivity contribution < 1.29 is 9.84 Å². The number of ether oxygens (including phenoxy) is 1. The molecule has 0 aromatic heterocycles. The summed E-state index contributed by atoms with van der Waals surface area (Å²) in [7, 11) is 0. The second kappa shape index (κ2) is 4.07. The van der Waals surface area contributed by atoms with E-state index in [0.29, 0.717) is 5.92 Å². The van der Waals surface area contributed by atoms with Gasteiger partial charge < -0.3 is 9.84 Å². The van der Waals surface area contributed by atoms with E-state index >= 15 is 0 Å². The van der Waals surface area contributed by atoms with Crippen molar-refractivity contribution in [2.24, 2.45) is 11.8 Å². The van der Waals surface area contributed by atoms with Crippen LogP contribution in [0.3, 0.4) is 0 Å². The molecule has 0 amide bonds. The van der Waals surface area contributed by atoms with Gasteiger partial charge in [-0.15, -0.1) is 0 Å². The van der Waals surface area contributed by atoms with Gasteiger partial charge in [-0.1, -0.05) is 20.3 Å². The maximum Gasteiger partial charge on any atom is 0.0809 e. The van der Waals surface area contributed by atoms with Gasteiger partial charge in [0.15, 0.2) is 0 Å². The molecule has 1 heterocycles. The van der Waals surface area contributed by atoms with E-state index < -0.39 is 0 Å². The van der Waals surface area contributed by atoms with Gasteiger partial charge in [-0.3, -0.25) is 0 Å². The third-order valence-electron chi connectivity index (χ3n) is 2.76. The Kier molecular flexibility index (Phi) is 3.34. The first-order valence-electron chi connectivity index (χ1n) is 4.50. The highest BCUT2D eigenvalue weighted by Gasteiger charge is 2.27. The fourth-order valence-electron chi connectivity index (χ4n) is 1.59. The summed E-state index contributed by atoms with van der Waals surface area (Å²) in [6.45, 7) is 5.50. The quantitative estimate of drug-likeness (QED) is 0.673. The van der Waals surface area contributed by atoms with Crippen LogP contribution in [0.2, 0.25) is 0 Å². The molecule has 0 unspecified atom stereocenters. The van der Waals surface area contributed by atoms with Crippen molar-refractivity contribution in [3.05, 3.63) is 0 Å². The average Bonchev–Trinajstić information content (AvgIpc) is 2.50. The summed E-state index contributed by atoms with van der Waals surface area (Å²) in [5.74, 6) is 1.42. The van der Waals surface area contributed by atoms with Crippen LogP contribution < -0.4 is 0 Å². The first-order valence-corrected chi connectivity index (χ1v) is 4.50. The maximum atomic E-state index is 8.81. The lowest BCUT2D eigenvalue weighted by Crippen LogP contribution is -2.12. The molecule has 1 aliphatic rings. The summed E-state index contributed by atoms with van der Waals surface area (Å²) in [5, 5.41) is 8.81. The molecule has 2 heteroatoms. The zero-order valence-electron chi connectivity index (χ0n) is 7.42. The van der Waals surface area contributed by atoms with E-state index in [2.05, 4.69) is 13.8 Å². The highest BCUT2D eigenvalue weighted by Crippen LogP contribution is 2.27. The molecule has 0 aliphatic carbocycles. The minimum absolute atomic E-state index is 0.119. The number of hydrogen-bond acceptors (Lipinski definition) is 2. The smallest absolute Gasteiger partial charge is 0.0809 e. The Balaban J connectivity index is 2.29. The van der Waals surface area contributed by atoms with Gasteiger partial charge in [0.05, 0.1) is 19.3 Å². The van der Waals surface area contributed by atoms with Crippen LogP contribution in [0.15, 0.2) is 0 Å². The summed E-state index contributed by atoms with van der Waals surface area (Å²) in [4.78, 5) is 0. The lowest BCUT2D eigenvalue weighted by molar-refractivity contribution is 0.0560. The third kappa shape index (κ3) is 2.17. The molecule has 3 atom stereocenters. The summed E-state index contributed by atoms with van der Waals surface area (Å²) in [5.41, 5.74) is 0. The van der Waals surface area contributed by atoms with Crippen molar-refractivity contribution in [2.45, 2.75) is 32.8 Å². The lowest BCUT2D eigenvalue weighted by Gasteiger charge is -2.14. The molecular formula is C9H18O2. The molecule has 0 radical (unpaired) electrons. The Morgan fingerprint density at radius 3 is 2.82 bits per heavy atom. The predicted molar refractivity (Wildman–Crippen MR) is 44.4 cm³/mol. The number of aliphatic hydroxyl groups excluding tert-OH is 1. The van der Waals surface area contributed by atoms with Crippen molar-refractivity contribution in [3.8, 4) is 0 Å². The first kappa shape index (κ1) is 9.01. The second-order valence-corrected chi connectivity index (χ2v) is 3.52. The van der Waals surface area contributed by atoms with E-state index in [1.807, 2.05) is 0 Å². The Labute approximate surface area is 68.6 Å². The van der Waals surface area contributed by atoms with E-state index in [-0.39, 0.29) is 12.7 Å². The standard InChI is InChI=1S/C9H18O2/c1-3-7(2)8-4-9(5-10)11-6-8/h7-10H,3-6H2,1-2H3/t7-,8-,9+/m0/s1. The molecule has 66 valence electrons. The zero-order valence-corrected chi connectivity index (χ0v) is 7.42. The zero-order chi connectivity index (χ0) is 8.27. The number of rotatable bonds is 3. The SMILES string of the molecule is CC[C@H](C)[C@@H]1CO[C@@H](CO)C1. The van der Waals surface area contributed by atoms with Crippen LogP contribution in [-0.2, 0) is 4.74 Å². The molecule has 1 rings (SSSR count). The van der Waals surface area contributed by atoms with Gasteiger partial charge in [-0.2, -0.15) is 0 Å². The molecule has 0 aromatic carbocycles. The molecule has 1 fully saturated rings. The number of hydrogen-bond donors (Lipinski definition) is 1. The van der Waals surface area contributed by atoms with Gasteiger partial charge in [-0.25, -0.2) is 0 Å². The molecule has 2 nitrogen and oxygen atoms in total. The normalized spacial score (nSPS) is 34.1. The summed E-state index contributed by atoms with van der Waals surface area (Å²) in [6, 6.07) is 0. The Morgan fingerprint density at radius 1 is 1.64 bits per heavy atom. The Bertz CT molecular complexity index is 114. The van der Waals surface area contributed by atoms with Crippen molar-refractivity contribution in [1.29, 1.82) is 0 Å². The van der Waals surface area contributed by atoms with Gasteiger partial charge in [0.1, 0.15) is 0 Å². The van der Waals surface area contributed by atoms with Crippen LogP contribution in [0, 0.1) is 11.8 Å². The fourth-order valence-corrected chi connectivity index (χ4v) is 1.59. The van der Waals surface area contributed by atoms with Crippen molar-refractivity contribution in [3.63, 3.8) is 0 Å². The van der Waals surface area contributed by atoms with E-state index in [4.69, 9.17) is 9.84 Å². The predicted octanol–water partition coefficient (Wildman–Crippen LogP) is 1.43. The van der Waals surface area contributed by atoms with Gasteiger partial charge in [-0.05, 0) is 18.3 Å². The maximum absolute atomic E-state index is 8.81. The minimum atomic E-state index is 0.119. The largest absolute Gasteiger partial charge is 0.394 e. The molecule has 1 N–H and O–H groups in total. The van der Waals surface area contributed by atoms with Gasteiger partial charge in [0, 0.05) is 0 Å². The van der Waals surface area contributed by atoms with Crippen molar-refractivity contribution >= 4 is 0 Å². The van der Waals surface area contributed by atoms with Crippen molar-refractivity contribution in [1.82, 2.24) is 0 Å². The van der Waals surface area contributed by atoms with Crippen molar-refractivity contribution in [2.75, 3.05) is 13.2 Å². The van der Waals surface area contributed by atoms with Crippen LogP contribution >= 0.6 is 0 Å². The summed E-state index contributed by atoms with van der Waals surface area (Å²) in [6.07, 6.45) is 2.38.